The summed E-state index contributed by atoms with van der Waals surface area (Å²) in [4.78, 5) is 37.7. The van der Waals surface area contributed by atoms with Crippen molar-refractivity contribution >= 4 is 17.9 Å². The van der Waals surface area contributed by atoms with E-state index in [2.05, 4.69) is 57.2 Å². The molecule has 1 atom stereocenters. The first-order chi connectivity index (χ1) is 27.0. The average Bonchev–Trinajstić information content (AvgIpc) is 3.18. The predicted octanol–water partition coefficient (Wildman–Crippen LogP) is 15.0. The second kappa shape index (κ2) is 44.3. The van der Waals surface area contributed by atoms with Crippen molar-refractivity contribution < 1.29 is 28.6 Å². The number of hydrogen-bond donors (Lipinski definition) is 0. The van der Waals surface area contributed by atoms with Gasteiger partial charge in [-0.15, -0.1) is 0 Å². The normalized spacial score (nSPS) is 12.3. The van der Waals surface area contributed by atoms with Gasteiger partial charge in [0.15, 0.2) is 6.10 Å². The number of ether oxygens (including phenoxy) is 3. The van der Waals surface area contributed by atoms with E-state index < -0.39 is 6.10 Å². The second-order valence-corrected chi connectivity index (χ2v) is 15.7. The Morgan fingerprint density at radius 3 is 1.07 bits per heavy atom. The number of rotatable bonds is 42. The number of carbonyl (C=O) groups excluding carboxylic acids is 3. The van der Waals surface area contributed by atoms with Gasteiger partial charge in [-0.05, 0) is 77.0 Å². The molecule has 0 spiro atoms. The smallest absolute Gasteiger partial charge is 0.306 e. The zero-order valence-corrected chi connectivity index (χ0v) is 36.4. The van der Waals surface area contributed by atoms with Crippen molar-refractivity contribution in [1.29, 1.82) is 0 Å². The van der Waals surface area contributed by atoms with Gasteiger partial charge < -0.3 is 14.2 Å². The van der Waals surface area contributed by atoms with E-state index in [0.29, 0.717) is 19.3 Å². The number of carbonyl (C=O) groups is 3. The monoisotopic (exact) mass is 773 g/mol. The van der Waals surface area contributed by atoms with Crippen LogP contribution in [0.25, 0.3) is 0 Å². The summed E-state index contributed by atoms with van der Waals surface area (Å²) >= 11 is 0. The molecule has 0 heterocycles. The summed E-state index contributed by atoms with van der Waals surface area (Å²) < 4.78 is 16.7. The van der Waals surface area contributed by atoms with Crippen LogP contribution in [0, 0.1) is 0 Å². The van der Waals surface area contributed by atoms with Crippen molar-refractivity contribution in [3.8, 4) is 0 Å². The Kier molecular flexibility index (Phi) is 42.4. The highest BCUT2D eigenvalue weighted by atomic mass is 16.6. The Morgan fingerprint density at radius 2 is 0.655 bits per heavy atom. The van der Waals surface area contributed by atoms with E-state index in [1.807, 2.05) is 0 Å². The fourth-order valence-corrected chi connectivity index (χ4v) is 6.52. The lowest BCUT2D eigenvalue weighted by atomic mass is 10.1. The zero-order valence-electron chi connectivity index (χ0n) is 36.4. The van der Waals surface area contributed by atoms with Gasteiger partial charge in [0.05, 0.1) is 0 Å². The minimum absolute atomic E-state index is 0.0783. The first kappa shape index (κ1) is 52.6. The molecule has 0 saturated carbocycles. The van der Waals surface area contributed by atoms with Crippen molar-refractivity contribution in [3.63, 3.8) is 0 Å². The summed E-state index contributed by atoms with van der Waals surface area (Å²) in [5, 5.41) is 0. The first-order valence-electron chi connectivity index (χ1n) is 23.5. The van der Waals surface area contributed by atoms with Crippen molar-refractivity contribution in [2.24, 2.45) is 0 Å². The molecule has 6 nitrogen and oxygen atoms in total. The van der Waals surface area contributed by atoms with E-state index in [9.17, 15) is 14.4 Å². The Balaban J connectivity index is 4.36. The molecule has 0 aromatic heterocycles. The third kappa shape index (κ3) is 42.6. The quantitative estimate of drug-likeness (QED) is 0.0266. The Labute approximate surface area is 340 Å². The molecule has 0 rings (SSSR count). The van der Waals surface area contributed by atoms with Gasteiger partial charge >= 0.3 is 17.9 Å². The van der Waals surface area contributed by atoms with E-state index in [4.69, 9.17) is 14.2 Å². The minimum atomic E-state index is -0.776. The molecule has 0 fully saturated rings. The molecule has 0 aliphatic carbocycles. The van der Waals surface area contributed by atoms with Crippen LogP contribution in [-0.4, -0.2) is 37.2 Å². The molecule has 1 unspecified atom stereocenters. The first-order valence-corrected chi connectivity index (χ1v) is 23.5. The van der Waals surface area contributed by atoms with E-state index >= 15 is 0 Å². The van der Waals surface area contributed by atoms with Gasteiger partial charge in [0.25, 0.3) is 0 Å². The number of unbranched alkanes of at least 4 members (excludes halogenated alkanes) is 25. The van der Waals surface area contributed by atoms with Crippen molar-refractivity contribution in [3.05, 3.63) is 36.5 Å². The Hall–Kier alpha value is -2.37. The van der Waals surface area contributed by atoms with Gasteiger partial charge in [-0.3, -0.25) is 14.4 Å². The number of hydrogen-bond acceptors (Lipinski definition) is 6. The van der Waals surface area contributed by atoms with Gasteiger partial charge in [-0.25, -0.2) is 0 Å². The molecule has 0 aliphatic heterocycles. The highest BCUT2D eigenvalue weighted by molar-refractivity contribution is 5.71. The lowest BCUT2D eigenvalue weighted by Crippen LogP contribution is -2.30. The summed E-state index contributed by atoms with van der Waals surface area (Å²) in [6, 6.07) is 0. The third-order valence-electron chi connectivity index (χ3n) is 10.1. The van der Waals surface area contributed by atoms with Crippen molar-refractivity contribution in [2.75, 3.05) is 13.2 Å². The summed E-state index contributed by atoms with van der Waals surface area (Å²) in [5.74, 6) is -0.902. The topological polar surface area (TPSA) is 78.9 Å². The van der Waals surface area contributed by atoms with Crippen molar-refractivity contribution in [2.45, 2.75) is 245 Å². The molecule has 0 amide bonds. The predicted molar refractivity (Wildman–Crippen MR) is 233 cm³/mol. The summed E-state index contributed by atoms with van der Waals surface area (Å²) in [5.41, 5.74) is 0. The SMILES string of the molecule is CCCCC/C=C\CCCCCCCC(=O)OC(COC(=O)CCCCCCC/C=C\C/C=C\CCCCCC)COC(=O)CCCCCCCCCCC. The van der Waals surface area contributed by atoms with Crippen LogP contribution in [0.1, 0.15) is 239 Å². The summed E-state index contributed by atoms with van der Waals surface area (Å²) in [7, 11) is 0. The van der Waals surface area contributed by atoms with Crippen LogP contribution in [0.3, 0.4) is 0 Å². The second-order valence-electron chi connectivity index (χ2n) is 15.7. The van der Waals surface area contributed by atoms with Gasteiger partial charge in [-0.2, -0.15) is 0 Å². The highest BCUT2D eigenvalue weighted by Gasteiger charge is 2.19. The van der Waals surface area contributed by atoms with Crippen LogP contribution in [0.2, 0.25) is 0 Å². The van der Waals surface area contributed by atoms with Crippen LogP contribution in [-0.2, 0) is 28.6 Å². The molecule has 0 aromatic carbocycles. The molecule has 320 valence electrons. The number of allylic oxidation sites excluding steroid dienone is 6. The molecular formula is C49H88O6. The van der Waals surface area contributed by atoms with Gasteiger partial charge in [-0.1, -0.05) is 179 Å². The molecule has 0 radical (unpaired) electrons. The fraction of sp³-hybridized carbons (Fsp3) is 0.816. The van der Waals surface area contributed by atoms with E-state index in [-0.39, 0.29) is 31.1 Å². The van der Waals surface area contributed by atoms with E-state index in [0.717, 1.165) is 89.9 Å². The summed E-state index contributed by atoms with van der Waals surface area (Å²) in [6.45, 7) is 6.55. The van der Waals surface area contributed by atoms with E-state index in [1.54, 1.807) is 0 Å². The van der Waals surface area contributed by atoms with Gasteiger partial charge in [0, 0.05) is 19.3 Å². The number of esters is 3. The van der Waals surface area contributed by atoms with Gasteiger partial charge in [0.2, 0.25) is 0 Å². The van der Waals surface area contributed by atoms with E-state index in [1.165, 1.54) is 109 Å². The largest absolute Gasteiger partial charge is 0.462 e. The molecule has 55 heavy (non-hydrogen) atoms. The molecule has 0 N–H and O–H groups in total. The van der Waals surface area contributed by atoms with Crippen LogP contribution >= 0.6 is 0 Å². The lowest BCUT2D eigenvalue weighted by Gasteiger charge is -2.18. The maximum Gasteiger partial charge on any atom is 0.306 e. The van der Waals surface area contributed by atoms with Crippen LogP contribution in [0.15, 0.2) is 36.5 Å². The van der Waals surface area contributed by atoms with Crippen LogP contribution in [0.5, 0.6) is 0 Å². The fourth-order valence-electron chi connectivity index (χ4n) is 6.52. The minimum Gasteiger partial charge on any atom is -0.462 e. The highest BCUT2D eigenvalue weighted by Crippen LogP contribution is 2.14. The average molecular weight is 773 g/mol. The van der Waals surface area contributed by atoms with Crippen molar-refractivity contribution in [1.82, 2.24) is 0 Å². The molecular weight excluding hydrogens is 685 g/mol. The maximum atomic E-state index is 12.7. The lowest BCUT2D eigenvalue weighted by molar-refractivity contribution is -0.167. The third-order valence-corrected chi connectivity index (χ3v) is 10.1. The molecule has 0 bridgehead atoms. The Bertz CT molecular complexity index is 938. The maximum absolute atomic E-state index is 12.7. The van der Waals surface area contributed by atoms with Gasteiger partial charge in [0.1, 0.15) is 13.2 Å². The standard InChI is InChI=1S/C49H88O6/c1-4-7-10-13-16-19-21-23-24-25-26-28-30-33-36-39-42-48(51)54-45-46(44-53-47(50)41-38-35-32-29-18-15-12-9-6-3)55-49(52)43-40-37-34-31-27-22-20-17-14-11-8-5-2/h17,19-21,24-25,46H,4-16,18,22-23,26-45H2,1-3H3/b20-17-,21-19-,25-24-. The Morgan fingerprint density at radius 1 is 0.364 bits per heavy atom. The summed E-state index contributed by atoms with van der Waals surface area (Å²) in [6.07, 6.45) is 49.8. The molecule has 0 saturated heterocycles. The molecule has 6 heteroatoms. The zero-order chi connectivity index (χ0) is 40.1. The van der Waals surface area contributed by atoms with Crippen LogP contribution < -0.4 is 0 Å². The molecule has 0 aliphatic rings. The molecule has 0 aromatic rings. The van der Waals surface area contributed by atoms with Crippen LogP contribution in [0.4, 0.5) is 0 Å².